The van der Waals surface area contributed by atoms with Crippen molar-refractivity contribution in [3.8, 4) is 0 Å². The Balaban J connectivity index is 1.89. The van der Waals surface area contributed by atoms with E-state index in [0.717, 1.165) is 28.7 Å². The number of fused-ring (bicyclic) bond motifs is 1. The van der Waals surface area contributed by atoms with Crippen LogP contribution >= 0.6 is 23.2 Å². The van der Waals surface area contributed by atoms with Gasteiger partial charge in [0.1, 0.15) is 6.04 Å². The van der Waals surface area contributed by atoms with Crippen LogP contribution in [0.2, 0.25) is 10.0 Å². The van der Waals surface area contributed by atoms with Gasteiger partial charge in [-0.25, -0.2) is 18.2 Å². The van der Waals surface area contributed by atoms with Gasteiger partial charge in [0.25, 0.3) is 15.6 Å². The normalized spacial score (nSPS) is 12.1. The standard InChI is InChI=1S/C27H23Cl2N5O8S/c1-15(35)32(19-4-2-3-16(11-19)14-31-24(36)13-22(30)26(38)39)33-23-12-18(29)7-10-21(23)25(37)34(27(33)40)43(41,42)20-8-5-17(28)6-9-20/h2-12,22H,13-14,30H2,1H3,(H,31,36)(H,38,39)/t22-/m0/s1. The number of nitrogens with one attached hydrogen (secondary N) is 1. The summed E-state index contributed by atoms with van der Waals surface area (Å²) in [5.74, 6) is -2.72. The average Bonchev–Trinajstić information content (AvgIpc) is 2.94. The first-order valence-corrected chi connectivity index (χ1v) is 14.6. The number of aliphatic carboxylic acids is 1. The third-order valence-electron chi connectivity index (χ3n) is 6.18. The van der Waals surface area contributed by atoms with E-state index in [-0.39, 0.29) is 37.2 Å². The predicted octanol–water partition coefficient (Wildman–Crippen LogP) is 1.94. The molecule has 1 atom stereocenters. The second kappa shape index (κ2) is 12.4. The van der Waals surface area contributed by atoms with Gasteiger partial charge in [-0.05, 0) is 60.2 Å². The van der Waals surface area contributed by atoms with Crippen molar-refractivity contribution in [1.29, 1.82) is 0 Å². The molecule has 0 bridgehead atoms. The molecule has 4 aromatic rings. The molecule has 0 saturated heterocycles. The SMILES string of the molecule is CC(=O)N(c1cccc(CNC(=O)C[C@H](N)C(=O)O)c1)n1c(=O)n(S(=O)(=O)c2ccc(Cl)cc2)c(=O)c2ccc(Cl)cc21. The van der Waals surface area contributed by atoms with Gasteiger partial charge in [-0.2, -0.15) is 4.68 Å². The average molecular weight is 648 g/mol. The van der Waals surface area contributed by atoms with E-state index in [9.17, 15) is 32.4 Å². The lowest BCUT2D eigenvalue weighted by molar-refractivity contribution is -0.140. The summed E-state index contributed by atoms with van der Waals surface area (Å²) in [6.45, 7) is 1.02. The van der Waals surface area contributed by atoms with E-state index in [1.54, 1.807) is 6.07 Å². The van der Waals surface area contributed by atoms with Crippen LogP contribution in [0.1, 0.15) is 18.9 Å². The second-order valence-corrected chi connectivity index (χ2v) is 11.9. The van der Waals surface area contributed by atoms with Gasteiger partial charge in [0.15, 0.2) is 0 Å². The Morgan fingerprint density at radius 3 is 2.28 bits per heavy atom. The molecule has 0 aliphatic heterocycles. The summed E-state index contributed by atoms with van der Waals surface area (Å²) >= 11 is 12.1. The van der Waals surface area contributed by atoms with Crippen LogP contribution < -0.4 is 27.3 Å². The minimum Gasteiger partial charge on any atom is -0.480 e. The Bertz CT molecular complexity index is 1990. The molecular formula is C27H23Cl2N5O8S. The zero-order chi connectivity index (χ0) is 31.6. The third-order valence-corrected chi connectivity index (χ3v) is 8.33. The van der Waals surface area contributed by atoms with Crippen LogP contribution in [-0.2, 0) is 31.0 Å². The maximum atomic E-state index is 13.9. The van der Waals surface area contributed by atoms with Crippen molar-refractivity contribution in [2.24, 2.45) is 5.73 Å². The number of nitrogens with two attached hydrogens (primary N) is 1. The largest absolute Gasteiger partial charge is 0.480 e. The van der Waals surface area contributed by atoms with Crippen molar-refractivity contribution in [3.05, 3.63) is 103 Å². The van der Waals surface area contributed by atoms with Crippen LogP contribution in [0.25, 0.3) is 10.9 Å². The number of hydrogen-bond donors (Lipinski definition) is 3. The van der Waals surface area contributed by atoms with E-state index in [2.05, 4.69) is 5.32 Å². The number of carbonyl (C=O) groups excluding carboxylic acids is 2. The summed E-state index contributed by atoms with van der Waals surface area (Å²) in [6, 6.07) is 13.2. The topological polar surface area (TPSA) is 191 Å². The number of aromatic nitrogens is 2. The van der Waals surface area contributed by atoms with Crippen molar-refractivity contribution in [1.82, 2.24) is 14.0 Å². The van der Waals surface area contributed by atoms with E-state index in [1.807, 2.05) is 0 Å². The van der Waals surface area contributed by atoms with Crippen LogP contribution in [-0.4, -0.2) is 46.0 Å². The van der Waals surface area contributed by atoms with Crippen molar-refractivity contribution in [2.75, 3.05) is 5.01 Å². The lowest BCUT2D eigenvalue weighted by Gasteiger charge is -2.26. The first-order valence-electron chi connectivity index (χ1n) is 12.4. The highest BCUT2D eigenvalue weighted by Gasteiger charge is 2.29. The van der Waals surface area contributed by atoms with Crippen LogP contribution in [0, 0.1) is 0 Å². The summed E-state index contributed by atoms with van der Waals surface area (Å²) in [7, 11) is -4.78. The highest BCUT2D eigenvalue weighted by atomic mass is 35.5. The molecule has 13 nitrogen and oxygen atoms in total. The van der Waals surface area contributed by atoms with Gasteiger partial charge in [0.05, 0.1) is 27.9 Å². The van der Waals surface area contributed by atoms with Gasteiger partial charge in [0.2, 0.25) is 11.8 Å². The second-order valence-electron chi connectivity index (χ2n) is 9.21. The molecule has 4 rings (SSSR count). The molecule has 1 heterocycles. The van der Waals surface area contributed by atoms with E-state index >= 15 is 0 Å². The van der Waals surface area contributed by atoms with Gasteiger partial charge in [-0.1, -0.05) is 35.3 Å². The van der Waals surface area contributed by atoms with Crippen molar-refractivity contribution >= 4 is 67.6 Å². The molecule has 0 saturated carbocycles. The maximum absolute atomic E-state index is 13.9. The molecule has 1 aromatic heterocycles. The lowest BCUT2D eigenvalue weighted by Crippen LogP contribution is -2.51. The molecule has 0 aliphatic carbocycles. The predicted molar refractivity (Wildman–Crippen MR) is 159 cm³/mol. The summed E-state index contributed by atoms with van der Waals surface area (Å²) in [5, 5.41) is 12.4. The number of benzene rings is 3. The fraction of sp³-hybridized carbons (Fsp3) is 0.148. The van der Waals surface area contributed by atoms with E-state index < -0.39 is 56.4 Å². The smallest absolute Gasteiger partial charge is 0.365 e. The number of carboxylic acid groups (broad SMARTS) is 1. The van der Waals surface area contributed by atoms with Gasteiger partial charge in [-0.3, -0.25) is 19.2 Å². The third kappa shape index (κ3) is 6.46. The molecule has 43 heavy (non-hydrogen) atoms. The molecule has 2 amide bonds. The minimum absolute atomic E-state index is 0.0537. The first kappa shape index (κ1) is 31.4. The van der Waals surface area contributed by atoms with E-state index in [0.29, 0.717) is 5.56 Å². The fourth-order valence-corrected chi connectivity index (χ4v) is 5.74. The summed E-state index contributed by atoms with van der Waals surface area (Å²) < 4.78 is 28.0. The first-order chi connectivity index (χ1) is 20.2. The Kier molecular flexibility index (Phi) is 9.06. The number of carboxylic acids is 1. The molecule has 0 fully saturated rings. The number of rotatable bonds is 9. The number of hydrogen-bond acceptors (Lipinski definition) is 8. The quantitative estimate of drug-likeness (QED) is 0.243. The van der Waals surface area contributed by atoms with E-state index in [4.69, 9.17) is 34.0 Å². The number of halogens is 2. The Hall–Kier alpha value is -4.50. The molecule has 16 heteroatoms. The molecule has 0 aliphatic rings. The zero-order valence-electron chi connectivity index (χ0n) is 22.2. The van der Waals surface area contributed by atoms with E-state index in [1.165, 1.54) is 48.5 Å². The highest BCUT2D eigenvalue weighted by Crippen LogP contribution is 2.23. The zero-order valence-corrected chi connectivity index (χ0v) is 24.6. The number of amides is 2. The minimum atomic E-state index is -4.78. The van der Waals surface area contributed by atoms with Gasteiger partial charge < -0.3 is 16.2 Å². The molecular weight excluding hydrogens is 625 g/mol. The summed E-state index contributed by atoms with van der Waals surface area (Å²) in [5.41, 5.74) is 3.19. The summed E-state index contributed by atoms with van der Waals surface area (Å²) in [4.78, 5) is 63.1. The monoisotopic (exact) mass is 647 g/mol. The number of carbonyl (C=O) groups is 3. The molecule has 0 unspecified atom stereocenters. The lowest BCUT2D eigenvalue weighted by atomic mass is 10.1. The highest BCUT2D eigenvalue weighted by molar-refractivity contribution is 7.90. The van der Waals surface area contributed by atoms with Crippen molar-refractivity contribution in [3.63, 3.8) is 0 Å². The Morgan fingerprint density at radius 2 is 1.65 bits per heavy atom. The van der Waals surface area contributed by atoms with Gasteiger partial charge >= 0.3 is 11.7 Å². The van der Waals surface area contributed by atoms with Crippen LogP contribution in [0.15, 0.2) is 81.2 Å². The van der Waals surface area contributed by atoms with Crippen LogP contribution in [0.5, 0.6) is 0 Å². The maximum Gasteiger partial charge on any atom is 0.365 e. The van der Waals surface area contributed by atoms with Crippen LogP contribution in [0.4, 0.5) is 5.69 Å². The molecule has 224 valence electrons. The fourth-order valence-electron chi connectivity index (χ4n) is 4.16. The molecule has 4 N–H and O–H groups in total. The van der Waals surface area contributed by atoms with Crippen molar-refractivity contribution in [2.45, 2.75) is 30.8 Å². The Labute approximate surface area is 253 Å². The van der Waals surface area contributed by atoms with Crippen molar-refractivity contribution < 1.29 is 27.9 Å². The molecule has 0 spiro atoms. The number of nitrogens with zero attached hydrogens (tertiary/aromatic N) is 3. The summed E-state index contributed by atoms with van der Waals surface area (Å²) in [6.07, 6.45) is -0.472. The van der Waals surface area contributed by atoms with Crippen LogP contribution in [0.3, 0.4) is 0 Å². The molecule has 0 radical (unpaired) electrons. The molecule has 3 aromatic carbocycles. The Morgan fingerprint density at radius 1 is 1.00 bits per heavy atom. The number of anilines is 1. The van der Waals surface area contributed by atoms with Gasteiger partial charge in [0, 0.05) is 23.5 Å². The van der Waals surface area contributed by atoms with Gasteiger partial charge in [-0.15, -0.1) is 3.97 Å².